The van der Waals surface area contributed by atoms with Crippen LogP contribution in [0.25, 0.3) is 0 Å². The summed E-state index contributed by atoms with van der Waals surface area (Å²) in [6, 6.07) is 6.48. The predicted molar refractivity (Wildman–Crippen MR) is 80.3 cm³/mol. The van der Waals surface area contributed by atoms with Gasteiger partial charge in [-0.3, -0.25) is 4.90 Å². The third kappa shape index (κ3) is 3.30. The SMILES string of the molecule is Oc1ccc([C@H](CC2CC2)N2CCNCC2)cc1Br. The normalized spacial score (nSPS) is 22.4. The van der Waals surface area contributed by atoms with Crippen LogP contribution in [0.4, 0.5) is 0 Å². The summed E-state index contributed by atoms with van der Waals surface area (Å²) < 4.78 is 0.806. The maximum absolute atomic E-state index is 9.66. The van der Waals surface area contributed by atoms with Gasteiger partial charge in [0, 0.05) is 32.2 Å². The molecule has 1 atom stereocenters. The number of nitrogens with one attached hydrogen (secondary N) is 1. The molecule has 0 aromatic heterocycles. The van der Waals surface area contributed by atoms with Crippen molar-refractivity contribution in [2.24, 2.45) is 5.92 Å². The molecule has 1 aliphatic heterocycles. The second-order valence-electron chi connectivity index (χ2n) is 5.69. The molecule has 1 aliphatic carbocycles. The second-order valence-corrected chi connectivity index (χ2v) is 6.55. The summed E-state index contributed by atoms with van der Waals surface area (Å²) in [7, 11) is 0. The molecule has 1 saturated carbocycles. The zero-order chi connectivity index (χ0) is 13.2. The van der Waals surface area contributed by atoms with Crippen LogP contribution < -0.4 is 5.32 Å². The van der Waals surface area contributed by atoms with Crippen molar-refractivity contribution in [1.82, 2.24) is 10.2 Å². The summed E-state index contributed by atoms with van der Waals surface area (Å²) in [6.07, 6.45) is 4.04. The van der Waals surface area contributed by atoms with Gasteiger partial charge >= 0.3 is 0 Å². The van der Waals surface area contributed by atoms with Gasteiger partial charge in [0.15, 0.2) is 0 Å². The van der Waals surface area contributed by atoms with Gasteiger partial charge in [-0.15, -0.1) is 0 Å². The molecule has 1 aromatic carbocycles. The maximum Gasteiger partial charge on any atom is 0.129 e. The van der Waals surface area contributed by atoms with Crippen LogP contribution in [0.1, 0.15) is 30.9 Å². The molecule has 19 heavy (non-hydrogen) atoms. The number of hydrogen-bond donors (Lipinski definition) is 2. The van der Waals surface area contributed by atoms with Gasteiger partial charge in [0.25, 0.3) is 0 Å². The third-order valence-corrected chi connectivity index (χ3v) is 4.84. The van der Waals surface area contributed by atoms with Gasteiger partial charge in [-0.05, 0) is 46.0 Å². The van der Waals surface area contributed by atoms with Crippen LogP contribution >= 0.6 is 15.9 Å². The number of benzene rings is 1. The van der Waals surface area contributed by atoms with E-state index in [4.69, 9.17) is 0 Å². The number of phenols is 1. The van der Waals surface area contributed by atoms with Gasteiger partial charge in [-0.1, -0.05) is 18.9 Å². The fourth-order valence-corrected chi connectivity index (χ4v) is 3.29. The monoisotopic (exact) mass is 324 g/mol. The standard InChI is InChI=1S/C15H21BrN2O/c16-13-10-12(3-4-15(13)19)14(9-11-1-2-11)18-7-5-17-6-8-18/h3-4,10-11,14,17,19H,1-2,5-9H2/t14-/m0/s1. The number of halogens is 1. The fourth-order valence-electron chi connectivity index (χ4n) is 2.89. The average Bonchev–Trinajstić information content (AvgIpc) is 3.24. The minimum atomic E-state index is 0.328. The number of piperazine rings is 1. The maximum atomic E-state index is 9.66. The summed E-state index contributed by atoms with van der Waals surface area (Å²) in [6.45, 7) is 4.41. The molecule has 104 valence electrons. The summed E-state index contributed by atoms with van der Waals surface area (Å²) >= 11 is 3.44. The smallest absolute Gasteiger partial charge is 0.129 e. The minimum absolute atomic E-state index is 0.328. The number of rotatable bonds is 4. The Bertz CT molecular complexity index is 442. The van der Waals surface area contributed by atoms with E-state index in [1.807, 2.05) is 6.07 Å². The average molecular weight is 325 g/mol. The van der Waals surface area contributed by atoms with Gasteiger partial charge in [0.2, 0.25) is 0 Å². The molecule has 0 bridgehead atoms. The van der Waals surface area contributed by atoms with Gasteiger partial charge in [0.1, 0.15) is 5.75 Å². The summed E-state index contributed by atoms with van der Waals surface area (Å²) in [5.41, 5.74) is 1.33. The highest BCUT2D eigenvalue weighted by Gasteiger charge is 2.30. The fraction of sp³-hybridized carbons (Fsp3) is 0.600. The highest BCUT2D eigenvalue weighted by molar-refractivity contribution is 9.10. The molecule has 2 N–H and O–H groups in total. The van der Waals surface area contributed by atoms with Gasteiger partial charge < -0.3 is 10.4 Å². The number of hydrogen-bond acceptors (Lipinski definition) is 3. The van der Waals surface area contributed by atoms with Crippen LogP contribution in [0.5, 0.6) is 5.75 Å². The van der Waals surface area contributed by atoms with Crippen LogP contribution in [0.3, 0.4) is 0 Å². The molecule has 1 aromatic rings. The lowest BCUT2D eigenvalue weighted by Gasteiger charge is -2.35. The van der Waals surface area contributed by atoms with Crippen molar-refractivity contribution in [3.05, 3.63) is 28.2 Å². The molecule has 2 aliphatic rings. The quantitative estimate of drug-likeness (QED) is 0.893. The first kappa shape index (κ1) is 13.4. The van der Waals surface area contributed by atoms with E-state index in [2.05, 4.69) is 38.3 Å². The summed E-state index contributed by atoms with van der Waals surface area (Å²) in [5.74, 6) is 1.24. The largest absolute Gasteiger partial charge is 0.507 e. The number of aromatic hydroxyl groups is 1. The van der Waals surface area contributed by atoms with Crippen molar-refractivity contribution in [1.29, 1.82) is 0 Å². The highest BCUT2D eigenvalue weighted by atomic mass is 79.9. The van der Waals surface area contributed by atoms with Crippen LogP contribution in [-0.4, -0.2) is 36.2 Å². The zero-order valence-corrected chi connectivity index (χ0v) is 12.7. The van der Waals surface area contributed by atoms with Gasteiger partial charge in [-0.2, -0.15) is 0 Å². The molecule has 1 heterocycles. The van der Waals surface area contributed by atoms with E-state index in [-0.39, 0.29) is 0 Å². The Kier molecular flexibility index (Phi) is 4.10. The van der Waals surface area contributed by atoms with E-state index >= 15 is 0 Å². The Morgan fingerprint density at radius 2 is 2.05 bits per heavy atom. The molecule has 0 unspecified atom stereocenters. The Labute approximate surface area is 123 Å². The summed E-state index contributed by atoms with van der Waals surface area (Å²) in [4.78, 5) is 2.59. The molecule has 0 radical (unpaired) electrons. The minimum Gasteiger partial charge on any atom is -0.507 e. The number of nitrogens with zero attached hydrogens (tertiary/aromatic N) is 1. The van der Waals surface area contributed by atoms with Crippen molar-refractivity contribution in [3.8, 4) is 5.75 Å². The van der Waals surface area contributed by atoms with Crippen LogP contribution in [0.15, 0.2) is 22.7 Å². The van der Waals surface area contributed by atoms with Crippen molar-refractivity contribution in [3.63, 3.8) is 0 Å². The van der Waals surface area contributed by atoms with E-state index < -0.39 is 0 Å². The van der Waals surface area contributed by atoms with Crippen molar-refractivity contribution in [2.45, 2.75) is 25.3 Å². The lowest BCUT2D eigenvalue weighted by Crippen LogP contribution is -2.45. The van der Waals surface area contributed by atoms with E-state index in [1.165, 1.54) is 24.8 Å². The first-order valence-corrected chi connectivity index (χ1v) is 7.96. The lowest BCUT2D eigenvalue weighted by atomic mass is 9.98. The molecule has 1 saturated heterocycles. The third-order valence-electron chi connectivity index (χ3n) is 4.20. The van der Waals surface area contributed by atoms with Crippen LogP contribution in [0, 0.1) is 5.92 Å². The van der Waals surface area contributed by atoms with Crippen molar-refractivity contribution >= 4 is 15.9 Å². The van der Waals surface area contributed by atoms with Crippen molar-refractivity contribution in [2.75, 3.05) is 26.2 Å². The molecule has 3 nitrogen and oxygen atoms in total. The molecular weight excluding hydrogens is 304 g/mol. The Balaban J connectivity index is 1.81. The lowest BCUT2D eigenvalue weighted by molar-refractivity contribution is 0.160. The van der Waals surface area contributed by atoms with E-state index in [9.17, 15) is 5.11 Å². The topological polar surface area (TPSA) is 35.5 Å². The molecule has 3 rings (SSSR count). The predicted octanol–water partition coefficient (Wildman–Crippen LogP) is 2.90. The molecule has 0 amide bonds. The van der Waals surface area contributed by atoms with Crippen LogP contribution in [0.2, 0.25) is 0 Å². The molecule has 2 fully saturated rings. The first-order chi connectivity index (χ1) is 9.24. The first-order valence-electron chi connectivity index (χ1n) is 7.17. The molecule has 4 heteroatoms. The van der Waals surface area contributed by atoms with Gasteiger partial charge in [-0.25, -0.2) is 0 Å². The van der Waals surface area contributed by atoms with E-state index in [1.54, 1.807) is 0 Å². The van der Waals surface area contributed by atoms with E-state index in [0.29, 0.717) is 11.8 Å². The number of phenolic OH excluding ortho intramolecular Hbond substituents is 1. The molecular formula is C15H21BrN2O. The van der Waals surface area contributed by atoms with E-state index in [0.717, 1.165) is 36.6 Å². The van der Waals surface area contributed by atoms with Crippen molar-refractivity contribution < 1.29 is 5.11 Å². The Morgan fingerprint density at radius 1 is 1.32 bits per heavy atom. The summed E-state index contributed by atoms with van der Waals surface area (Å²) in [5, 5.41) is 13.1. The Hall–Kier alpha value is -0.580. The highest BCUT2D eigenvalue weighted by Crippen LogP contribution is 2.41. The van der Waals surface area contributed by atoms with Gasteiger partial charge in [0.05, 0.1) is 4.47 Å². The Morgan fingerprint density at radius 3 is 2.68 bits per heavy atom. The van der Waals surface area contributed by atoms with Crippen LogP contribution in [-0.2, 0) is 0 Å². The molecule has 0 spiro atoms. The second kappa shape index (κ2) is 5.81. The zero-order valence-electron chi connectivity index (χ0n) is 11.1.